The first-order valence-electron chi connectivity index (χ1n) is 7.06. The maximum absolute atomic E-state index is 12.1. The Labute approximate surface area is 130 Å². The molecule has 0 aliphatic carbocycles. The van der Waals surface area contributed by atoms with E-state index in [0.29, 0.717) is 6.54 Å². The zero-order valence-corrected chi connectivity index (χ0v) is 12.7. The standard InChI is InChI=1S/C17H19N3O2/c1-13-3-5-16(6-4-13)20(14(2)21)12-17(22)19-11-15-7-9-18-10-8-15/h3-10H,11-12H2,1-2H3,(H,19,22). The fourth-order valence-corrected chi connectivity index (χ4v) is 2.01. The molecule has 0 saturated carbocycles. The third-order valence-corrected chi connectivity index (χ3v) is 3.27. The molecular formula is C17H19N3O2. The van der Waals surface area contributed by atoms with Crippen molar-refractivity contribution >= 4 is 17.5 Å². The highest BCUT2D eigenvalue weighted by Gasteiger charge is 2.15. The Kier molecular flexibility index (Phi) is 5.25. The molecule has 5 heteroatoms. The van der Waals surface area contributed by atoms with Crippen molar-refractivity contribution in [1.82, 2.24) is 10.3 Å². The molecule has 2 rings (SSSR count). The van der Waals surface area contributed by atoms with Crippen LogP contribution in [0, 0.1) is 6.92 Å². The zero-order valence-electron chi connectivity index (χ0n) is 12.7. The van der Waals surface area contributed by atoms with Gasteiger partial charge in [0.2, 0.25) is 11.8 Å². The molecule has 22 heavy (non-hydrogen) atoms. The molecule has 1 aromatic carbocycles. The number of carbonyl (C=O) groups excluding carboxylic acids is 2. The van der Waals surface area contributed by atoms with Crippen molar-refractivity contribution in [1.29, 1.82) is 0 Å². The molecule has 2 aromatic rings. The number of carbonyl (C=O) groups is 2. The van der Waals surface area contributed by atoms with Gasteiger partial charge < -0.3 is 10.2 Å². The summed E-state index contributed by atoms with van der Waals surface area (Å²) in [6.07, 6.45) is 3.35. The molecule has 114 valence electrons. The molecule has 0 aliphatic heterocycles. The largest absolute Gasteiger partial charge is 0.350 e. The number of hydrogen-bond acceptors (Lipinski definition) is 3. The first-order valence-corrected chi connectivity index (χ1v) is 7.06. The summed E-state index contributed by atoms with van der Waals surface area (Å²) in [6.45, 7) is 3.85. The van der Waals surface area contributed by atoms with Crippen LogP contribution < -0.4 is 10.2 Å². The molecule has 0 spiro atoms. The molecule has 2 amide bonds. The normalized spacial score (nSPS) is 10.1. The minimum atomic E-state index is -0.201. The summed E-state index contributed by atoms with van der Waals surface area (Å²) in [4.78, 5) is 29.2. The van der Waals surface area contributed by atoms with E-state index in [1.54, 1.807) is 12.4 Å². The molecule has 0 aliphatic rings. The summed E-state index contributed by atoms with van der Waals surface area (Å²) in [5.41, 5.74) is 2.79. The number of aryl methyl sites for hydroxylation is 1. The Hall–Kier alpha value is -2.69. The summed E-state index contributed by atoms with van der Waals surface area (Å²) < 4.78 is 0. The SMILES string of the molecule is CC(=O)N(CC(=O)NCc1ccncc1)c1ccc(C)cc1. The van der Waals surface area contributed by atoms with Crippen LogP contribution in [0.1, 0.15) is 18.1 Å². The van der Waals surface area contributed by atoms with E-state index >= 15 is 0 Å². The summed E-state index contributed by atoms with van der Waals surface area (Å²) in [5.74, 6) is -0.365. The number of rotatable bonds is 5. The van der Waals surface area contributed by atoms with Gasteiger partial charge in [0.05, 0.1) is 0 Å². The lowest BCUT2D eigenvalue weighted by Crippen LogP contribution is -2.39. The van der Waals surface area contributed by atoms with E-state index < -0.39 is 0 Å². The van der Waals surface area contributed by atoms with Gasteiger partial charge in [-0.15, -0.1) is 0 Å². The van der Waals surface area contributed by atoms with Crippen molar-refractivity contribution < 1.29 is 9.59 Å². The van der Waals surface area contributed by atoms with Gasteiger partial charge in [-0.1, -0.05) is 17.7 Å². The van der Waals surface area contributed by atoms with Crippen molar-refractivity contribution in [2.45, 2.75) is 20.4 Å². The molecule has 0 fully saturated rings. The summed E-state index contributed by atoms with van der Waals surface area (Å²) in [6, 6.07) is 11.2. The number of amides is 2. The van der Waals surface area contributed by atoms with Crippen LogP contribution in [0.2, 0.25) is 0 Å². The van der Waals surface area contributed by atoms with Gasteiger partial charge in [0.1, 0.15) is 6.54 Å². The minimum Gasteiger partial charge on any atom is -0.350 e. The van der Waals surface area contributed by atoms with E-state index in [1.165, 1.54) is 11.8 Å². The number of anilines is 1. The molecule has 0 bridgehead atoms. The predicted molar refractivity (Wildman–Crippen MR) is 85.3 cm³/mol. The Morgan fingerprint density at radius 2 is 1.73 bits per heavy atom. The monoisotopic (exact) mass is 297 g/mol. The topological polar surface area (TPSA) is 62.3 Å². The van der Waals surface area contributed by atoms with Gasteiger partial charge in [0.15, 0.2) is 0 Å². The first kappa shape index (κ1) is 15.7. The van der Waals surface area contributed by atoms with Gasteiger partial charge in [-0.2, -0.15) is 0 Å². The fraction of sp³-hybridized carbons (Fsp3) is 0.235. The lowest BCUT2D eigenvalue weighted by atomic mass is 10.2. The summed E-state index contributed by atoms with van der Waals surface area (Å²) in [5, 5.41) is 2.80. The number of aromatic nitrogens is 1. The molecule has 0 radical (unpaired) electrons. The second kappa shape index (κ2) is 7.36. The van der Waals surface area contributed by atoms with Gasteiger partial charge >= 0.3 is 0 Å². The predicted octanol–water partition coefficient (Wildman–Crippen LogP) is 2.06. The van der Waals surface area contributed by atoms with Gasteiger partial charge in [-0.25, -0.2) is 0 Å². The Morgan fingerprint density at radius 1 is 1.09 bits per heavy atom. The Bertz CT molecular complexity index is 639. The summed E-state index contributed by atoms with van der Waals surface area (Å²) in [7, 11) is 0. The van der Waals surface area contributed by atoms with Crippen LogP contribution in [0.3, 0.4) is 0 Å². The quantitative estimate of drug-likeness (QED) is 0.919. The van der Waals surface area contributed by atoms with Crippen molar-refractivity contribution in [3.8, 4) is 0 Å². The van der Waals surface area contributed by atoms with Crippen LogP contribution in [-0.4, -0.2) is 23.3 Å². The number of nitrogens with zero attached hydrogens (tertiary/aromatic N) is 2. The fourth-order valence-electron chi connectivity index (χ4n) is 2.01. The van der Waals surface area contributed by atoms with Crippen LogP contribution in [0.25, 0.3) is 0 Å². The third kappa shape index (κ3) is 4.41. The molecule has 0 saturated heterocycles. The second-order valence-electron chi connectivity index (χ2n) is 5.07. The Morgan fingerprint density at radius 3 is 2.32 bits per heavy atom. The van der Waals surface area contributed by atoms with Crippen molar-refractivity contribution in [2.24, 2.45) is 0 Å². The van der Waals surface area contributed by atoms with Gasteiger partial charge in [-0.3, -0.25) is 14.6 Å². The van der Waals surface area contributed by atoms with E-state index in [-0.39, 0.29) is 18.4 Å². The smallest absolute Gasteiger partial charge is 0.240 e. The van der Waals surface area contributed by atoms with E-state index in [2.05, 4.69) is 10.3 Å². The number of pyridine rings is 1. The van der Waals surface area contributed by atoms with Crippen LogP contribution in [-0.2, 0) is 16.1 Å². The molecular weight excluding hydrogens is 278 g/mol. The number of nitrogens with one attached hydrogen (secondary N) is 1. The average Bonchev–Trinajstić information content (AvgIpc) is 2.52. The van der Waals surface area contributed by atoms with Crippen LogP contribution in [0.15, 0.2) is 48.8 Å². The van der Waals surface area contributed by atoms with Gasteiger partial charge in [0, 0.05) is 31.5 Å². The van der Waals surface area contributed by atoms with E-state index in [1.807, 2.05) is 43.3 Å². The van der Waals surface area contributed by atoms with Crippen LogP contribution in [0.4, 0.5) is 5.69 Å². The number of hydrogen-bond donors (Lipinski definition) is 1. The molecule has 1 N–H and O–H groups in total. The molecule has 1 heterocycles. The lowest BCUT2D eigenvalue weighted by Gasteiger charge is -2.20. The molecule has 0 unspecified atom stereocenters. The van der Waals surface area contributed by atoms with E-state index in [4.69, 9.17) is 0 Å². The first-order chi connectivity index (χ1) is 10.6. The van der Waals surface area contributed by atoms with Crippen molar-refractivity contribution in [3.63, 3.8) is 0 Å². The van der Waals surface area contributed by atoms with Crippen LogP contribution in [0.5, 0.6) is 0 Å². The third-order valence-electron chi connectivity index (χ3n) is 3.27. The maximum Gasteiger partial charge on any atom is 0.240 e. The zero-order chi connectivity index (χ0) is 15.9. The minimum absolute atomic E-state index is 0.00345. The van der Waals surface area contributed by atoms with Gasteiger partial charge in [0.25, 0.3) is 0 Å². The lowest BCUT2D eigenvalue weighted by molar-refractivity contribution is -0.123. The van der Waals surface area contributed by atoms with Crippen molar-refractivity contribution in [2.75, 3.05) is 11.4 Å². The molecule has 1 aromatic heterocycles. The number of benzene rings is 1. The maximum atomic E-state index is 12.1. The van der Waals surface area contributed by atoms with Gasteiger partial charge in [-0.05, 0) is 36.8 Å². The molecule has 5 nitrogen and oxygen atoms in total. The molecule has 0 atom stereocenters. The Balaban J connectivity index is 1.97. The highest BCUT2D eigenvalue weighted by Crippen LogP contribution is 2.15. The van der Waals surface area contributed by atoms with E-state index in [9.17, 15) is 9.59 Å². The highest BCUT2D eigenvalue weighted by molar-refractivity contribution is 5.97. The average molecular weight is 297 g/mol. The highest BCUT2D eigenvalue weighted by atomic mass is 16.2. The van der Waals surface area contributed by atoms with Crippen molar-refractivity contribution in [3.05, 3.63) is 59.9 Å². The van der Waals surface area contributed by atoms with E-state index in [0.717, 1.165) is 16.8 Å². The summed E-state index contributed by atoms with van der Waals surface area (Å²) >= 11 is 0. The van der Waals surface area contributed by atoms with Crippen LogP contribution >= 0.6 is 0 Å². The second-order valence-corrected chi connectivity index (χ2v) is 5.07.